The molecule has 0 spiro atoms. The summed E-state index contributed by atoms with van der Waals surface area (Å²) in [5, 5.41) is 6.25. The number of rotatable bonds is 5. The van der Waals surface area contributed by atoms with E-state index >= 15 is 0 Å². The van der Waals surface area contributed by atoms with Crippen LogP contribution in [0, 0.1) is 17.8 Å². The molecule has 3 atom stereocenters. The fourth-order valence-corrected chi connectivity index (χ4v) is 4.64. The van der Waals surface area contributed by atoms with Gasteiger partial charge in [-0.15, -0.1) is 11.3 Å². The van der Waals surface area contributed by atoms with Gasteiger partial charge in [0.15, 0.2) is 0 Å². The largest absolute Gasteiger partial charge is 0.355 e. The van der Waals surface area contributed by atoms with Crippen LogP contribution in [0.3, 0.4) is 0 Å². The second-order valence-corrected chi connectivity index (χ2v) is 7.19. The molecular weight excluding hydrogens is 292 g/mol. The molecule has 0 aliphatic heterocycles. The molecular formula is C18H20N2OS. The van der Waals surface area contributed by atoms with Crippen LogP contribution in [-0.4, -0.2) is 17.4 Å². The molecule has 22 heavy (non-hydrogen) atoms. The number of fused-ring (bicyclic) bond motifs is 1. The zero-order valence-corrected chi connectivity index (χ0v) is 13.3. The van der Waals surface area contributed by atoms with Crippen molar-refractivity contribution in [1.82, 2.24) is 10.3 Å². The van der Waals surface area contributed by atoms with Crippen molar-refractivity contribution >= 4 is 17.2 Å². The fraction of sp³-hybridized carbons (Fsp3) is 0.444. The minimum atomic E-state index is 0.271. The van der Waals surface area contributed by atoms with E-state index in [-0.39, 0.29) is 5.91 Å². The molecule has 2 saturated carbocycles. The van der Waals surface area contributed by atoms with Gasteiger partial charge in [0.1, 0.15) is 5.01 Å². The lowest BCUT2D eigenvalue weighted by Gasteiger charge is -2.05. The summed E-state index contributed by atoms with van der Waals surface area (Å²) in [6, 6.07) is 10.2. The second-order valence-electron chi connectivity index (χ2n) is 6.34. The number of amides is 1. The standard InChI is InChI=1S/C18H20N2OS/c21-17(16-14-7-4-8-15(14)16)19-10-9-13-11-22-18(20-13)12-5-2-1-3-6-12/h1-3,5-6,11,14-16H,4,7-10H2,(H,19,21)/t14-,15+,16?. The summed E-state index contributed by atoms with van der Waals surface area (Å²) in [5.74, 6) is 1.99. The van der Waals surface area contributed by atoms with Crippen LogP contribution in [0.25, 0.3) is 10.6 Å². The number of carbonyl (C=O) groups excluding carboxylic acids is 1. The lowest BCUT2D eigenvalue weighted by molar-refractivity contribution is -0.123. The summed E-state index contributed by atoms with van der Waals surface area (Å²) in [6.45, 7) is 0.701. The van der Waals surface area contributed by atoms with Gasteiger partial charge in [0, 0.05) is 29.8 Å². The Hall–Kier alpha value is -1.68. The first-order chi connectivity index (χ1) is 10.8. The van der Waals surface area contributed by atoms with Gasteiger partial charge < -0.3 is 5.32 Å². The van der Waals surface area contributed by atoms with Gasteiger partial charge in [0.25, 0.3) is 0 Å². The Kier molecular flexibility index (Phi) is 3.70. The summed E-state index contributed by atoms with van der Waals surface area (Å²) in [4.78, 5) is 16.8. The highest BCUT2D eigenvalue weighted by molar-refractivity contribution is 7.13. The summed E-state index contributed by atoms with van der Waals surface area (Å²) in [6.07, 6.45) is 4.65. The quantitative estimate of drug-likeness (QED) is 0.918. The Labute approximate surface area is 134 Å². The number of hydrogen-bond acceptors (Lipinski definition) is 3. The first-order valence-corrected chi connectivity index (χ1v) is 8.98. The predicted octanol–water partition coefficient (Wildman–Crippen LogP) is 3.51. The van der Waals surface area contributed by atoms with Crippen LogP contribution < -0.4 is 5.32 Å². The monoisotopic (exact) mass is 312 g/mol. The van der Waals surface area contributed by atoms with Gasteiger partial charge >= 0.3 is 0 Å². The van der Waals surface area contributed by atoms with E-state index in [1.165, 1.54) is 19.3 Å². The molecule has 1 aromatic heterocycles. The third-order valence-electron chi connectivity index (χ3n) is 4.96. The normalized spacial score (nSPS) is 25.7. The van der Waals surface area contributed by atoms with Crippen molar-refractivity contribution in [3.05, 3.63) is 41.4 Å². The van der Waals surface area contributed by atoms with Crippen molar-refractivity contribution in [3.8, 4) is 10.6 Å². The minimum absolute atomic E-state index is 0.271. The van der Waals surface area contributed by atoms with Gasteiger partial charge in [-0.25, -0.2) is 4.98 Å². The summed E-state index contributed by atoms with van der Waals surface area (Å²) < 4.78 is 0. The maximum atomic E-state index is 12.1. The number of aromatic nitrogens is 1. The summed E-state index contributed by atoms with van der Waals surface area (Å²) in [5.41, 5.74) is 2.23. The van der Waals surface area contributed by atoms with E-state index < -0.39 is 0 Å². The van der Waals surface area contributed by atoms with E-state index in [0.29, 0.717) is 24.3 Å². The first kappa shape index (κ1) is 13.9. The summed E-state index contributed by atoms with van der Waals surface area (Å²) >= 11 is 1.67. The Morgan fingerprint density at radius 1 is 1.23 bits per heavy atom. The highest BCUT2D eigenvalue weighted by Gasteiger charge is 2.56. The molecule has 2 aliphatic rings. The van der Waals surface area contributed by atoms with Crippen LogP contribution in [0.1, 0.15) is 25.0 Å². The van der Waals surface area contributed by atoms with Crippen LogP contribution in [-0.2, 0) is 11.2 Å². The zero-order valence-electron chi connectivity index (χ0n) is 12.5. The van der Waals surface area contributed by atoms with Crippen molar-refractivity contribution < 1.29 is 4.79 Å². The van der Waals surface area contributed by atoms with Crippen LogP contribution in [0.4, 0.5) is 0 Å². The Morgan fingerprint density at radius 3 is 2.77 bits per heavy atom. The average Bonchev–Trinajstić information content (AvgIpc) is 2.94. The molecule has 1 aromatic carbocycles. The molecule has 2 aliphatic carbocycles. The molecule has 4 heteroatoms. The number of carbonyl (C=O) groups is 1. The molecule has 0 radical (unpaired) electrons. The number of nitrogens with zero attached hydrogens (tertiary/aromatic N) is 1. The molecule has 0 saturated heterocycles. The van der Waals surface area contributed by atoms with E-state index in [0.717, 1.165) is 22.7 Å². The lowest BCUT2D eigenvalue weighted by Crippen LogP contribution is -2.28. The Morgan fingerprint density at radius 2 is 2.00 bits per heavy atom. The van der Waals surface area contributed by atoms with Crippen molar-refractivity contribution in [1.29, 1.82) is 0 Å². The van der Waals surface area contributed by atoms with Gasteiger partial charge in [-0.2, -0.15) is 0 Å². The molecule has 1 amide bonds. The highest BCUT2D eigenvalue weighted by atomic mass is 32.1. The molecule has 114 valence electrons. The predicted molar refractivity (Wildman–Crippen MR) is 88.6 cm³/mol. The van der Waals surface area contributed by atoms with Crippen molar-refractivity contribution in [2.45, 2.75) is 25.7 Å². The number of benzene rings is 1. The van der Waals surface area contributed by atoms with Gasteiger partial charge in [-0.05, 0) is 24.7 Å². The summed E-state index contributed by atoms with van der Waals surface area (Å²) in [7, 11) is 0. The molecule has 1 unspecified atom stereocenters. The Balaban J connectivity index is 1.28. The second kappa shape index (κ2) is 5.84. The SMILES string of the molecule is O=C(NCCc1csc(-c2ccccc2)n1)C1[C@H]2CCC[C@@H]12. The third kappa shape index (κ3) is 2.68. The van der Waals surface area contributed by atoms with Crippen molar-refractivity contribution in [2.75, 3.05) is 6.54 Å². The molecule has 4 rings (SSSR count). The average molecular weight is 312 g/mol. The smallest absolute Gasteiger partial charge is 0.223 e. The van der Waals surface area contributed by atoms with Gasteiger partial charge in [-0.1, -0.05) is 36.8 Å². The number of hydrogen-bond donors (Lipinski definition) is 1. The molecule has 2 aromatic rings. The number of nitrogens with one attached hydrogen (secondary N) is 1. The maximum Gasteiger partial charge on any atom is 0.223 e. The van der Waals surface area contributed by atoms with Crippen LogP contribution in [0.2, 0.25) is 0 Å². The van der Waals surface area contributed by atoms with E-state index in [1.807, 2.05) is 18.2 Å². The molecule has 1 N–H and O–H groups in total. The number of thiazole rings is 1. The molecule has 1 heterocycles. The van der Waals surface area contributed by atoms with Crippen LogP contribution >= 0.6 is 11.3 Å². The first-order valence-electron chi connectivity index (χ1n) is 8.10. The van der Waals surface area contributed by atoms with Crippen molar-refractivity contribution in [2.24, 2.45) is 17.8 Å². The van der Waals surface area contributed by atoms with E-state index in [4.69, 9.17) is 0 Å². The topological polar surface area (TPSA) is 42.0 Å². The van der Waals surface area contributed by atoms with Gasteiger partial charge in [0.2, 0.25) is 5.91 Å². The maximum absolute atomic E-state index is 12.1. The highest BCUT2D eigenvalue weighted by Crippen LogP contribution is 2.57. The van der Waals surface area contributed by atoms with Gasteiger partial charge in [0.05, 0.1) is 5.69 Å². The van der Waals surface area contributed by atoms with E-state index in [9.17, 15) is 4.79 Å². The zero-order chi connectivity index (χ0) is 14.9. The van der Waals surface area contributed by atoms with Gasteiger partial charge in [-0.3, -0.25) is 4.79 Å². The Bertz CT molecular complexity index is 657. The minimum Gasteiger partial charge on any atom is -0.355 e. The molecule has 0 bridgehead atoms. The van der Waals surface area contributed by atoms with Crippen LogP contribution in [0.5, 0.6) is 0 Å². The molecule has 2 fully saturated rings. The van der Waals surface area contributed by atoms with E-state index in [1.54, 1.807) is 11.3 Å². The van der Waals surface area contributed by atoms with Crippen molar-refractivity contribution in [3.63, 3.8) is 0 Å². The van der Waals surface area contributed by atoms with Crippen LogP contribution in [0.15, 0.2) is 35.7 Å². The molecule has 3 nitrogen and oxygen atoms in total. The van der Waals surface area contributed by atoms with E-state index in [2.05, 4.69) is 27.8 Å². The third-order valence-corrected chi connectivity index (χ3v) is 5.90. The fourth-order valence-electron chi connectivity index (χ4n) is 3.78. The lowest BCUT2D eigenvalue weighted by atomic mass is 10.1.